The first kappa shape index (κ1) is 37.5. The van der Waals surface area contributed by atoms with Crippen LogP contribution in [0, 0.1) is 0 Å². The fraction of sp³-hybridized carbons (Fsp3) is 0.184. The number of hydrogen-bond acceptors (Lipinski definition) is 11. The minimum Gasteiger partial charge on any atom is -0.489 e. The van der Waals surface area contributed by atoms with E-state index in [4.69, 9.17) is 25.4 Å². The number of pyridine rings is 3. The monoisotopic (exact) mass is 720 g/mol. The number of aromatic nitrogens is 3. The van der Waals surface area contributed by atoms with Gasteiger partial charge in [0.25, 0.3) is 0 Å². The Hall–Kier alpha value is -6.71. The van der Waals surface area contributed by atoms with Gasteiger partial charge in [0.15, 0.2) is 0 Å². The van der Waals surface area contributed by atoms with Crippen molar-refractivity contribution in [3.8, 4) is 39.7 Å². The normalized spacial score (nSPS) is 11.1. The van der Waals surface area contributed by atoms with Crippen molar-refractivity contribution in [2.24, 2.45) is 0 Å². The largest absolute Gasteiger partial charge is 0.489 e. The second kappa shape index (κ2) is 17.5. The van der Waals surface area contributed by atoms with Crippen LogP contribution in [0.2, 0.25) is 0 Å². The van der Waals surface area contributed by atoms with Crippen LogP contribution in [-0.2, 0) is 38.9 Å². The fourth-order valence-corrected chi connectivity index (χ4v) is 5.55. The summed E-state index contributed by atoms with van der Waals surface area (Å²) in [7, 11) is 0. The van der Waals surface area contributed by atoms with Crippen LogP contribution in [0.4, 0.5) is 5.69 Å². The van der Waals surface area contributed by atoms with Gasteiger partial charge in [0.1, 0.15) is 12.4 Å². The molecule has 0 aliphatic heterocycles. The van der Waals surface area contributed by atoms with E-state index < -0.39 is 50.1 Å². The Morgan fingerprint density at radius 2 is 1.04 bits per heavy atom. The van der Waals surface area contributed by atoms with E-state index in [1.807, 2.05) is 54.6 Å². The number of aliphatic carboxylic acids is 4. The number of nitrogen functional groups attached to an aromatic ring is 1. The van der Waals surface area contributed by atoms with Crippen molar-refractivity contribution < 1.29 is 44.3 Å². The van der Waals surface area contributed by atoms with Gasteiger partial charge in [0.05, 0.1) is 60.3 Å². The molecule has 0 radical (unpaired) electrons. The first-order chi connectivity index (χ1) is 25.4. The lowest BCUT2D eigenvalue weighted by atomic mass is 10.0. The number of anilines is 1. The maximum atomic E-state index is 11.4. The van der Waals surface area contributed by atoms with Gasteiger partial charge >= 0.3 is 23.9 Å². The molecule has 3 aromatic heterocycles. The zero-order valence-corrected chi connectivity index (χ0v) is 28.3. The number of carbonyl (C=O) groups is 4. The molecule has 272 valence electrons. The number of carboxylic acids is 4. The number of carboxylic acid groups (broad SMARTS) is 4. The molecule has 0 amide bonds. The minimum absolute atomic E-state index is 0.0434. The Morgan fingerprint density at radius 1 is 0.547 bits per heavy atom. The van der Waals surface area contributed by atoms with E-state index in [0.29, 0.717) is 45.6 Å². The number of nitrogens with zero attached hydrogens (tertiary/aromatic N) is 5. The summed E-state index contributed by atoms with van der Waals surface area (Å²) >= 11 is 0. The summed E-state index contributed by atoms with van der Waals surface area (Å²) in [5.41, 5.74) is 11.5. The summed E-state index contributed by atoms with van der Waals surface area (Å²) < 4.78 is 6.08. The van der Waals surface area contributed by atoms with Crippen LogP contribution in [0.5, 0.6) is 5.75 Å². The van der Waals surface area contributed by atoms with Gasteiger partial charge in [0, 0.05) is 18.8 Å². The first-order valence-electron chi connectivity index (χ1n) is 16.2. The van der Waals surface area contributed by atoms with Crippen LogP contribution in [0.3, 0.4) is 0 Å². The summed E-state index contributed by atoms with van der Waals surface area (Å²) in [5, 5.41) is 37.2. The molecule has 6 N–H and O–H groups in total. The molecule has 0 bridgehead atoms. The minimum atomic E-state index is -1.18. The summed E-state index contributed by atoms with van der Waals surface area (Å²) in [5.74, 6) is -4.11. The predicted octanol–water partition coefficient (Wildman–Crippen LogP) is 3.98. The third-order valence-electron chi connectivity index (χ3n) is 7.69. The Balaban J connectivity index is 1.54. The molecule has 15 heteroatoms. The molecule has 0 spiro atoms. The van der Waals surface area contributed by atoms with E-state index in [1.54, 1.807) is 42.5 Å². The van der Waals surface area contributed by atoms with Crippen molar-refractivity contribution in [1.29, 1.82) is 0 Å². The second-order valence-electron chi connectivity index (χ2n) is 12.1. The zero-order chi connectivity index (χ0) is 37.9. The number of hydrogen-bond donors (Lipinski definition) is 5. The molecule has 0 saturated carbocycles. The van der Waals surface area contributed by atoms with Gasteiger partial charge in [-0.05, 0) is 77.4 Å². The molecule has 2 aromatic carbocycles. The SMILES string of the molecule is Nc1cccc(COc2cccc(-c3cc(-c4cccc(CN(CC(=O)O)CC(=O)O)n4)nc(-c4cccc(CN(CC(=O)O)CC(=O)O)n4)c3)c2)c1. The Kier molecular flexibility index (Phi) is 12.4. The lowest BCUT2D eigenvalue weighted by Gasteiger charge is -2.18. The molecule has 0 aliphatic rings. The first-order valence-corrected chi connectivity index (χ1v) is 16.2. The zero-order valence-electron chi connectivity index (χ0n) is 28.3. The molecule has 0 saturated heterocycles. The molecule has 0 atom stereocenters. The van der Waals surface area contributed by atoms with Crippen LogP contribution in [-0.4, -0.2) is 95.2 Å². The van der Waals surface area contributed by atoms with Crippen LogP contribution < -0.4 is 10.5 Å². The molecule has 0 unspecified atom stereocenters. The van der Waals surface area contributed by atoms with E-state index in [1.165, 1.54) is 9.80 Å². The number of benzene rings is 2. The van der Waals surface area contributed by atoms with Crippen molar-refractivity contribution >= 4 is 29.6 Å². The number of ether oxygens (including phenoxy) is 1. The van der Waals surface area contributed by atoms with Crippen LogP contribution in [0.25, 0.3) is 33.9 Å². The van der Waals surface area contributed by atoms with Gasteiger partial charge < -0.3 is 30.9 Å². The summed E-state index contributed by atoms with van der Waals surface area (Å²) in [6, 6.07) is 28.7. The maximum Gasteiger partial charge on any atom is 0.317 e. The van der Waals surface area contributed by atoms with Crippen molar-refractivity contribution in [1.82, 2.24) is 24.8 Å². The van der Waals surface area contributed by atoms with Crippen LogP contribution in [0.1, 0.15) is 17.0 Å². The molecule has 0 fully saturated rings. The van der Waals surface area contributed by atoms with E-state index in [9.17, 15) is 39.6 Å². The van der Waals surface area contributed by atoms with E-state index in [0.717, 1.165) is 16.7 Å². The Morgan fingerprint density at radius 3 is 1.53 bits per heavy atom. The number of nitrogens with two attached hydrogens (primary N) is 1. The highest BCUT2D eigenvalue weighted by molar-refractivity contribution is 5.76. The van der Waals surface area contributed by atoms with Crippen molar-refractivity contribution in [3.63, 3.8) is 0 Å². The molecule has 5 rings (SSSR count). The summed E-state index contributed by atoms with van der Waals surface area (Å²) in [6.45, 7) is -1.78. The fourth-order valence-electron chi connectivity index (χ4n) is 5.55. The average molecular weight is 721 g/mol. The summed E-state index contributed by atoms with van der Waals surface area (Å²) in [6.07, 6.45) is 0. The Bertz CT molecular complexity index is 1990. The molecule has 15 nitrogen and oxygen atoms in total. The molecule has 0 aliphatic carbocycles. The van der Waals surface area contributed by atoms with Crippen molar-refractivity contribution in [2.45, 2.75) is 19.7 Å². The smallest absolute Gasteiger partial charge is 0.317 e. The van der Waals surface area contributed by atoms with E-state index in [2.05, 4.69) is 0 Å². The molecule has 53 heavy (non-hydrogen) atoms. The highest BCUT2D eigenvalue weighted by Gasteiger charge is 2.18. The van der Waals surface area contributed by atoms with Gasteiger partial charge in [-0.25, -0.2) is 15.0 Å². The van der Waals surface area contributed by atoms with Gasteiger partial charge in [0.2, 0.25) is 0 Å². The van der Waals surface area contributed by atoms with Gasteiger partial charge in [-0.15, -0.1) is 0 Å². The van der Waals surface area contributed by atoms with E-state index >= 15 is 0 Å². The standard InChI is InChI=1S/C38H36N6O9/c39-27-7-1-5-24(13-27)23-53-30-10-2-6-25(14-30)26-15-33(31-11-3-8-28(40-31)17-43(19-35(45)46)20-36(47)48)42-34(16-26)32-12-4-9-29(41-32)18-44(21-37(49)50)22-38(51)52/h1-16H,17-23,39H2,(H,45,46)(H,47,48)(H,49,50)(H,51,52). The average Bonchev–Trinajstić information content (AvgIpc) is 3.10. The highest BCUT2D eigenvalue weighted by Crippen LogP contribution is 2.31. The third-order valence-corrected chi connectivity index (χ3v) is 7.69. The van der Waals surface area contributed by atoms with Crippen LogP contribution in [0.15, 0.2) is 97.1 Å². The molecular weight excluding hydrogens is 684 g/mol. The van der Waals surface area contributed by atoms with Crippen LogP contribution >= 0.6 is 0 Å². The predicted molar refractivity (Wildman–Crippen MR) is 192 cm³/mol. The van der Waals surface area contributed by atoms with Crippen molar-refractivity contribution in [3.05, 3.63) is 114 Å². The quantitative estimate of drug-likeness (QED) is 0.0807. The maximum absolute atomic E-state index is 11.4. The lowest BCUT2D eigenvalue weighted by Crippen LogP contribution is -2.34. The lowest BCUT2D eigenvalue weighted by molar-refractivity contribution is -0.144. The third kappa shape index (κ3) is 11.4. The second-order valence-corrected chi connectivity index (χ2v) is 12.1. The topological polar surface area (TPSA) is 230 Å². The summed E-state index contributed by atoms with van der Waals surface area (Å²) in [4.78, 5) is 62.4. The van der Waals surface area contributed by atoms with Gasteiger partial charge in [-0.2, -0.15) is 0 Å². The molecule has 3 heterocycles. The molecular formula is C38H36N6O9. The van der Waals surface area contributed by atoms with Gasteiger partial charge in [-0.3, -0.25) is 29.0 Å². The van der Waals surface area contributed by atoms with Crippen molar-refractivity contribution in [2.75, 3.05) is 31.9 Å². The highest BCUT2D eigenvalue weighted by atomic mass is 16.5. The van der Waals surface area contributed by atoms with E-state index in [-0.39, 0.29) is 19.7 Å². The van der Waals surface area contributed by atoms with Gasteiger partial charge in [-0.1, -0.05) is 36.4 Å². The number of rotatable bonds is 18. The Labute approximate surface area is 303 Å². The molecule has 5 aromatic rings.